The Morgan fingerprint density at radius 3 is 2.00 bits per heavy atom. The first-order valence-electron chi connectivity index (χ1n) is 1.83. The number of hydrogen-bond donors (Lipinski definition) is 1. The maximum atomic E-state index is 11.5. The van der Waals surface area contributed by atoms with Crippen molar-refractivity contribution >= 4 is 11.4 Å². The van der Waals surface area contributed by atoms with Crippen LogP contribution < -0.4 is 0 Å². The van der Waals surface area contributed by atoms with Gasteiger partial charge in [0.05, 0.1) is 0 Å². The van der Waals surface area contributed by atoms with Crippen molar-refractivity contribution in [2.75, 3.05) is 0 Å². The molecule has 0 bridgehead atoms. The van der Waals surface area contributed by atoms with Crippen molar-refractivity contribution in [3.05, 3.63) is 0 Å². The molecule has 10 heavy (non-hydrogen) atoms. The van der Waals surface area contributed by atoms with Crippen LogP contribution in [0, 0.1) is 0 Å². The summed E-state index contributed by atoms with van der Waals surface area (Å²) in [6, 6.07) is 0. The second-order valence-corrected chi connectivity index (χ2v) is 1.80. The van der Waals surface area contributed by atoms with Crippen LogP contribution in [0.3, 0.4) is 0 Å². The van der Waals surface area contributed by atoms with Gasteiger partial charge in [-0.25, -0.2) is 8.57 Å². The monoisotopic (exact) mass is 182 g/mol. The van der Waals surface area contributed by atoms with Gasteiger partial charge >= 0.3 is 23.9 Å². The molecule has 8 heteroatoms. The zero-order valence-electron chi connectivity index (χ0n) is 4.26. The quantitative estimate of drug-likeness (QED) is 0.511. The van der Waals surface area contributed by atoms with E-state index in [2.05, 4.69) is 4.18 Å². The molecule has 0 aromatic heterocycles. The van der Waals surface area contributed by atoms with Crippen molar-refractivity contribution in [2.45, 2.75) is 12.5 Å². The lowest BCUT2D eigenvalue weighted by Crippen LogP contribution is -2.27. The topological polar surface area (TPSA) is 46.5 Å². The van der Waals surface area contributed by atoms with E-state index in [1.54, 1.807) is 0 Å². The van der Waals surface area contributed by atoms with Crippen LogP contribution in [0.5, 0.6) is 0 Å². The number of hydrogen-bond acceptors (Lipinski definition) is 2. The summed E-state index contributed by atoms with van der Waals surface area (Å²) >= 11 is -3.24. The van der Waals surface area contributed by atoms with Gasteiger partial charge in [-0.15, -0.1) is 0 Å². The Labute approximate surface area is 55.5 Å². The highest BCUT2D eigenvalue weighted by molar-refractivity contribution is 7.74. The molecule has 2 unspecified atom stereocenters. The van der Waals surface area contributed by atoms with Crippen LogP contribution in [0.4, 0.5) is 17.6 Å². The predicted molar refractivity (Wildman–Crippen MR) is 22.8 cm³/mol. The summed E-state index contributed by atoms with van der Waals surface area (Å²) in [6.45, 7) is 0. The first-order valence-corrected chi connectivity index (χ1v) is 2.86. The normalized spacial score (nSPS) is 18.5. The zero-order valence-corrected chi connectivity index (χ0v) is 5.08. The molecular weight excluding hydrogens is 180 g/mol. The highest BCUT2D eigenvalue weighted by Crippen LogP contribution is 2.23. The minimum absolute atomic E-state index is 2.85. The van der Waals surface area contributed by atoms with Crippen molar-refractivity contribution in [1.29, 1.82) is 0 Å². The van der Waals surface area contributed by atoms with E-state index in [0.717, 1.165) is 0 Å². The van der Waals surface area contributed by atoms with E-state index in [0.29, 0.717) is 0 Å². The standard InChI is InChI=1S/C2H2F4O3S/c3-1(2(4,5)6)9-10(7)8/h1H,(H,7,8). The number of alkyl halides is 4. The molecule has 2 atom stereocenters. The molecule has 0 radical (unpaired) electrons. The molecule has 0 aliphatic heterocycles. The highest BCUT2D eigenvalue weighted by Gasteiger charge is 2.42. The van der Waals surface area contributed by atoms with E-state index in [-0.39, 0.29) is 0 Å². The van der Waals surface area contributed by atoms with Crippen LogP contribution in [0.1, 0.15) is 0 Å². The van der Waals surface area contributed by atoms with E-state index < -0.39 is 23.9 Å². The smallest absolute Gasteiger partial charge is 0.284 e. The maximum Gasteiger partial charge on any atom is 0.446 e. The van der Waals surface area contributed by atoms with Gasteiger partial charge in [0.1, 0.15) is 0 Å². The average molecular weight is 182 g/mol. The van der Waals surface area contributed by atoms with Gasteiger partial charge in [-0.3, -0.25) is 4.55 Å². The van der Waals surface area contributed by atoms with Crippen LogP contribution in [-0.4, -0.2) is 21.3 Å². The fourth-order valence-corrected chi connectivity index (χ4v) is 0.380. The molecule has 0 amide bonds. The SMILES string of the molecule is O=S(O)OC(F)C(F)(F)F. The minimum Gasteiger partial charge on any atom is -0.284 e. The van der Waals surface area contributed by atoms with Gasteiger partial charge in [0.25, 0.3) is 0 Å². The Bertz CT molecular complexity index is 133. The molecular formula is C2H2F4O3S. The first-order chi connectivity index (χ1) is 4.34. The second-order valence-electron chi connectivity index (χ2n) is 1.17. The van der Waals surface area contributed by atoms with Gasteiger partial charge in [-0.2, -0.15) is 17.4 Å². The molecule has 0 aromatic rings. The molecule has 0 heterocycles. The predicted octanol–water partition coefficient (Wildman–Crippen LogP) is 0.998. The van der Waals surface area contributed by atoms with E-state index >= 15 is 0 Å². The molecule has 0 aromatic carbocycles. The molecule has 0 saturated heterocycles. The Morgan fingerprint density at radius 2 is 1.90 bits per heavy atom. The van der Waals surface area contributed by atoms with Crippen LogP contribution in [0.25, 0.3) is 0 Å². The summed E-state index contributed by atoms with van der Waals surface area (Å²) in [6.07, 6.45) is -8.96. The summed E-state index contributed by atoms with van der Waals surface area (Å²) in [4.78, 5) is 0. The first kappa shape index (κ1) is 9.79. The lowest BCUT2D eigenvalue weighted by atomic mass is 10.7. The van der Waals surface area contributed by atoms with Gasteiger partial charge in [0.15, 0.2) is 0 Å². The molecule has 0 rings (SSSR count). The Morgan fingerprint density at radius 1 is 1.50 bits per heavy atom. The molecule has 62 valence electrons. The molecule has 0 spiro atoms. The Hall–Kier alpha value is -0.210. The van der Waals surface area contributed by atoms with Crippen LogP contribution >= 0.6 is 0 Å². The van der Waals surface area contributed by atoms with Crippen molar-refractivity contribution in [3.63, 3.8) is 0 Å². The zero-order chi connectivity index (χ0) is 8.36. The third-order valence-corrected chi connectivity index (χ3v) is 0.758. The Kier molecular flexibility index (Phi) is 3.19. The molecule has 0 fully saturated rings. The fourth-order valence-electron chi connectivity index (χ4n) is 0.127. The van der Waals surface area contributed by atoms with Crippen LogP contribution in [0.2, 0.25) is 0 Å². The second kappa shape index (κ2) is 3.26. The van der Waals surface area contributed by atoms with Gasteiger partial charge in [-0.1, -0.05) is 0 Å². The highest BCUT2D eigenvalue weighted by atomic mass is 32.2. The van der Waals surface area contributed by atoms with E-state index in [4.69, 9.17) is 4.55 Å². The van der Waals surface area contributed by atoms with Gasteiger partial charge in [0, 0.05) is 0 Å². The average Bonchev–Trinajstić information content (AvgIpc) is 1.60. The molecule has 0 aliphatic carbocycles. The van der Waals surface area contributed by atoms with Gasteiger partial charge < -0.3 is 0 Å². The van der Waals surface area contributed by atoms with Crippen molar-refractivity contribution in [1.82, 2.24) is 0 Å². The fraction of sp³-hybridized carbons (Fsp3) is 1.00. The van der Waals surface area contributed by atoms with Gasteiger partial charge in [0.2, 0.25) is 0 Å². The molecule has 0 aliphatic rings. The van der Waals surface area contributed by atoms with Crippen LogP contribution in [-0.2, 0) is 15.5 Å². The summed E-state index contributed by atoms with van der Waals surface area (Å²) in [5.74, 6) is 0. The molecule has 1 N–H and O–H groups in total. The largest absolute Gasteiger partial charge is 0.446 e. The summed E-state index contributed by atoms with van der Waals surface area (Å²) in [5, 5.41) is 0. The maximum absolute atomic E-state index is 11.5. The summed E-state index contributed by atoms with van der Waals surface area (Å²) in [7, 11) is 0. The van der Waals surface area contributed by atoms with E-state index in [9.17, 15) is 21.8 Å². The van der Waals surface area contributed by atoms with Gasteiger partial charge in [-0.05, 0) is 0 Å². The third kappa shape index (κ3) is 3.75. The molecule has 0 saturated carbocycles. The van der Waals surface area contributed by atoms with E-state index in [1.165, 1.54) is 0 Å². The Balaban J connectivity index is 3.85. The van der Waals surface area contributed by atoms with Crippen molar-refractivity contribution < 1.29 is 30.5 Å². The summed E-state index contributed by atoms with van der Waals surface area (Å²) in [5.41, 5.74) is 0. The summed E-state index contributed by atoms with van der Waals surface area (Å²) < 4.78 is 64.5. The third-order valence-electron chi connectivity index (χ3n) is 0.424. The lowest BCUT2D eigenvalue weighted by Gasteiger charge is -2.08. The number of rotatable bonds is 2. The van der Waals surface area contributed by atoms with Crippen LogP contribution in [0.15, 0.2) is 0 Å². The molecule has 3 nitrogen and oxygen atoms in total. The van der Waals surface area contributed by atoms with Crippen molar-refractivity contribution in [2.24, 2.45) is 0 Å². The van der Waals surface area contributed by atoms with Crippen molar-refractivity contribution in [3.8, 4) is 0 Å². The minimum atomic E-state index is -5.25. The lowest BCUT2D eigenvalue weighted by molar-refractivity contribution is -0.235. The number of halogens is 4. The van der Waals surface area contributed by atoms with E-state index in [1.807, 2.05) is 0 Å².